The zero-order valence-corrected chi connectivity index (χ0v) is 19.0. The third-order valence-corrected chi connectivity index (χ3v) is 5.46. The molecule has 0 unspecified atom stereocenters. The molecule has 3 rings (SSSR count). The van der Waals surface area contributed by atoms with E-state index in [-0.39, 0.29) is 6.42 Å². The SMILES string of the molecule is COC(=O)[C@H](Cc1ccccc1)N(C(=O)C(=[N+]=[N-])C(C)=O)C(c1ccccc1)c1ccccc1. The van der Waals surface area contributed by atoms with Gasteiger partial charge >= 0.3 is 17.6 Å². The summed E-state index contributed by atoms with van der Waals surface area (Å²) in [6.45, 7) is 1.13. The quantitative estimate of drug-likeness (QED) is 0.162. The van der Waals surface area contributed by atoms with E-state index in [1.807, 2.05) is 91.0 Å². The summed E-state index contributed by atoms with van der Waals surface area (Å²) in [4.78, 5) is 43.3. The summed E-state index contributed by atoms with van der Waals surface area (Å²) in [5.41, 5.74) is 11.1. The Morgan fingerprint density at radius 1 is 0.853 bits per heavy atom. The van der Waals surface area contributed by atoms with Crippen LogP contribution in [0.15, 0.2) is 91.0 Å². The van der Waals surface area contributed by atoms with E-state index in [9.17, 15) is 19.9 Å². The van der Waals surface area contributed by atoms with Gasteiger partial charge in [-0.1, -0.05) is 91.0 Å². The van der Waals surface area contributed by atoms with E-state index in [2.05, 4.69) is 4.79 Å². The zero-order valence-electron chi connectivity index (χ0n) is 19.0. The van der Waals surface area contributed by atoms with Crippen molar-refractivity contribution in [2.75, 3.05) is 7.11 Å². The lowest BCUT2D eigenvalue weighted by Gasteiger charge is -2.36. The molecule has 0 saturated heterocycles. The van der Waals surface area contributed by atoms with Crippen LogP contribution in [0.5, 0.6) is 0 Å². The van der Waals surface area contributed by atoms with Crippen molar-refractivity contribution in [2.24, 2.45) is 0 Å². The summed E-state index contributed by atoms with van der Waals surface area (Å²) >= 11 is 0. The molecular weight excluding hydrogens is 430 g/mol. The van der Waals surface area contributed by atoms with Crippen LogP contribution in [0.25, 0.3) is 5.53 Å². The lowest BCUT2D eigenvalue weighted by Crippen LogP contribution is -2.52. The van der Waals surface area contributed by atoms with Gasteiger partial charge in [-0.15, -0.1) is 0 Å². The molecule has 0 saturated carbocycles. The number of rotatable bonds is 9. The minimum absolute atomic E-state index is 0.131. The summed E-state index contributed by atoms with van der Waals surface area (Å²) in [6.07, 6.45) is 0.131. The van der Waals surface area contributed by atoms with E-state index >= 15 is 0 Å². The Balaban J connectivity index is 2.27. The Kier molecular flexibility index (Phi) is 8.21. The third-order valence-electron chi connectivity index (χ3n) is 5.46. The van der Waals surface area contributed by atoms with Crippen molar-refractivity contribution in [3.8, 4) is 0 Å². The Morgan fingerprint density at radius 3 is 1.74 bits per heavy atom. The number of ether oxygens (including phenoxy) is 1. The van der Waals surface area contributed by atoms with Crippen LogP contribution >= 0.6 is 0 Å². The number of ketones is 1. The molecule has 0 fully saturated rings. The maximum absolute atomic E-state index is 13.8. The summed E-state index contributed by atoms with van der Waals surface area (Å²) < 4.78 is 5.09. The van der Waals surface area contributed by atoms with Crippen LogP contribution in [0, 0.1) is 0 Å². The summed E-state index contributed by atoms with van der Waals surface area (Å²) in [6, 6.07) is 25.6. The van der Waals surface area contributed by atoms with Gasteiger partial charge in [0.15, 0.2) is 0 Å². The molecule has 1 amide bonds. The second kappa shape index (κ2) is 11.5. The molecule has 7 heteroatoms. The fraction of sp³-hybridized carbons (Fsp3) is 0.185. The van der Waals surface area contributed by atoms with Crippen molar-refractivity contribution in [3.63, 3.8) is 0 Å². The Hall–Kier alpha value is -4.35. The number of esters is 1. The number of methoxy groups -OCH3 is 1. The third kappa shape index (κ3) is 5.52. The summed E-state index contributed by atoms with van der Waals surface area (Å²) in [5.74, 6) is -2.25. The van der Waals surface area contributed by atoms with Gasteiger partial charge in [0.1, 0.15) is 6.04 Å². The lowest BCUT2D eigenvalue weighted by atomic mass is 9.93. The first-order valence-corrected chi connectivity index (χ1v) is 10.7. The molecule has 1 atom stereocenters. The van der Waals surface area contributed by atoms with Crippen LogP contribution in [0.4, 0.5) is 0 Å². The smallest absolute Gasteiger partial charge is 0.421 e. The standard InChI is InChI=1S/C27H25N3O4/c1-19(31)24(29-28)26(32)30(23(27(33)34-2)18-20-12-6-3-7-13-20)25(21-14-8-4-9-15-21)22-16-10-5-11-17-22/h3-17,23,25H,18H2,1-2H3/t23-/m0/s1. The fourth-order valence-electron chi connectivity index (χ4n) is 3.88. The van der Waals surface area contributed by atoms with E-state index < -0.39 is 35.5 Å². The highest BCUT2D eigenvalue weighted by Gasteiger charge is 2.43. The second-order valence-corrected chi connectivity index (χ2v) is 7.67. The molecule has 0 radical (unpaired) electrons. The van der Waals surface area contributed by atoms with Crippen molar-refractivity contribution >= 4 is 23.4 Å². The Labute approximate surface area is 198 Å². The van der Waals surface area contributed by atoms with Crippen LogP contribution in [0.2, 0.25) is 0 Å². The molecule has 3 aromatic rings. The predicted octanol–water partition coefficient (Wildman–Crippen LogP) is 3.65. The molecule has 0 spiro atoms. The van der Waals surface area contributed by atoms with E-state index in [0.717, 1.165) is 12.5 Å². The van der Waals surface area contributed by atoms with E-state index in [4.69, 9.17) is 4.74 Å². The zero-order chi connectivity index (χ0) is 24.5. The van der Waals surface area contributed by atoms with E-state index in [1.165, 1.54) is 12.0 Å². The average molecular weight is 456 g/mol. The number of benzene rings is 3. The molecular formula is C27H25N3O4. The molecule has 0 aliphatic heterocycles. The highest BCUT2D eigenvalue weighted by atomic mass is 16.5. The highest BCUT2D eigenvalue weighted by Crippen LogP contribution is 2.32. The predicted molar refractivity (Wildman–Crippen MR) is 127 cm³/mol. The number of hydrogen-bond acceptors (Lipinski definition) is 4. The van der Waals surface area contributed by atoms with Crippen molar-refractivity contribution < 1.29 is 23.9 Å². The molecule has 0 bridgehead atoms. The molecule has 3 aromatic carbocycles. The van der Waals surface area contributed by atoms with Gasteiger partial charge < -0.3 is 15.2 Å². The fourth-order valence-corrected chi connectivity index (χ4v) is 3.88. The molecule has 0 aromatic heterocycles. The molecule has 7 nitrogen and oxygen atoms in total. The molecule has 0 aliphatic carbocycles. The molecule has 0 aliphatic rings. The number of carbonyl (C=O) groups excluding carboxylic acids is 3. The first-order valence-electron chi connectivity index (χ1n) is 10.7. The van der Waals surface area contributed by atoms with E-state index in [1.54, 1.807) is 0 Å². The van der Waals surface area contributed by atoms with Crippen LogP contribution in [-0.2, 0) is 25.5 Å². The van der Waals surface area contributed by atoms with Gasteiger partial charge in [-0.05, 0) is 16.7 Å². The van der Waals surface area contributed by atoms with Gasteiger partial charge in [0, 0.05) is 13.3 Å². The number of Topliss-reactive ketones (excluding diaryl/α,β-unsaturated/α-hetero) is 1. The van der Waals surface area contributed by atoms with Crippen LogP contribution in [-0.4, -0.2) is 46.2 Å². The van der Waals surface area contributed by atoms with Gasteiger partial charge in [0.2, 0.25) is 5.78 Å². The number of carbonyl (C=O) groups is 3. The second-order valence-electron chi connectivity index (χ2n) is 7.67. The van der Waals surface area contributed by atoms with Gasteiger partial charge in [-0.25, -0.2) is 4.79 Å². The normalized spacial score (nSPS) is 11.3. The first kappa shape index (κ1) is 24.3. The van der Waals surface area contributed by atoms with Gasteiger partial charge in [0.05, 0.1) is 13.2 Å². The van der Waals surface area contributed by atoms with Crippen molar-refractivity contribution in [1.82, 2.24) is 4.90 Å². The monoisotopic (exact) mass is 455 g/mol. The largest absolute Gasteiger partial charge is 0.467 e. The summed E-state index contributed by atoms with van der Waals surface area (Å²) in [7, 11) is 1.25. The van der Waals surface area contributed by atoms with Crippen molar-refractivity contribution in [3.05, 3.63) is 113 Å². The van der Waals surface area contributed by atoms with Crippen molar-refractivity contribution in [1.29, 1.82) is 0 Å². The topological polar surface area (TPSA) is 100 Å². The average Bonchev–Trinajstić information content (AvgIpc) is 2.87. The van der Waals surface area contributed by atoms with Gasteiger partial charge in [-0.2, -0.15) is 4.79 Å². The minimum Gasteiger partial charge on any atom is -0.467 e. The van der Waals surface area contributed by atoms with Crippen LogP contribution in [0.3, 0.4) is 0 Å². The van der Waals surface area contributed by atoms with Crippen LogP contribution in [0.1, 0.15) is 29.7 Å². The maximum Gasteiger partial charge on any atom is 0.421 e. The molecule has 0 heterocycles. The minimum atomic E-state index is -1.11. The van der Waals surface area contributed by atoms with Crippen LogP contribution < -0.4 is 0 Å². The summed E-state index contributed by atoms with van der Waals surface area (Å²) in [5, 5.41) is 0. The highest BCUT2D eigenvalue weighted by molar-refractivity contribution is 6.63. The number of hydrogen-bond donors (Lipinski definition) is 0. The Morgan fingerprint density at radius 2 is 1.32 bits per heavy atom. The van der Waals surface area contributed by atoms with Gasteiger partial charge in [-0.3, -0.25) is 9.59 Å². The van der Waals surface area contributed by atoms with Gasteiger partial charge in [0.25, 0.3) is 0 Å². The molecule has 0 N–H and O–H groups in total. The molecule has 172 valence electrons. The van der Waals surface area contributed by atoms with Crippen molar-refractivity contribution in [2.45, 2.75) is 25.4 Å². The first-order chi connectivity index (χ1) is 16.5. The Bertz CT molecular complexity index is 1150. The molecule has 34 heavy (non-hydrogen) atoms. The lowest BCUT2D eigenvalue weighted by molar-refractivity contribution is -0.153. The number of nitrogens with zero attached hydrogens (tertiary/aromatic N) is 3. The number of amides is 1. The maximum atomic E-state index is 13.8. The van der Waals surface area contributed by atoms with E-state index in [0.29, 0.717) is 11.1 Å².